The van der Waals surface area contributed by atoms with Gasteiger partial charge in [-0.25, -0.2) is 0 Å². The molecule has 1 amide bonds. The quantitative estimate of drug-likeness (QED) is 0.627. The summed E-state index contributed by atoms with van der Waals surface area (Å²) in [5.74, 6) is -0.0217. The molecule has 0 aliphatic heterocycles. The van der Waals surface area contributed by atoms with Gasteiger partial charge in [-0.05, 0) is 19.1 Å². The van der Waals surface area contributed by atoms with E-state index in [0.29, 0.717) is 23.6 Å². The average molecular weight is 280 g/mol. The minimum Gasteiger partial charge on any atom is -0.494 e. The third-order valence-corrected chi connectivity index (χ3v) is 2.71. The maximum atomic E-state index is 12.2. The zero-order valence-corrected chi connectivity index (χ0v) is 12.0. The Morgan fingerprint density at radius 2 is 2.00 bits per heavy atom. The molecule has 0 unspecified atom stereocenters. The molecule has 1 rings (SSSR count). The number of nitrogens with two attached hydrogens (primary N) is 1. The summed E-state index contributed by atoms with van der Waals surface area (Å²) in [6, 6.07) is 4.88. The van der Waals surface area contributed by atoms with Gasteiger partial charge in [0.15, 0.2) is 0 Å². The van der Waals surface area contributed by atoms with E-state index in [9.17, 15) is 9.59 Å². The predicted molar refractivity (Wildman–Crippen MR) is 75.6 cm³/mol. The minimum absolute atomic E-state index is 0.152. The number of methoxy groups -OCH3 is 1. The van der Waals surface area contributed by atoms with Crippen LogP contribution < -0.4 is 10.5 Å². The second-order valence-corrected chi connectivity index (χ2v) is 4.28. The summed E-state index contributed by atoms with van der Waals surface area (Å²) in [7, 11) is 2.94. The number of anilines is 1. The largest absolute Gasteiger partial charge is 0.494 e. The maximum Gasteiger partial charge on any atom is 0.307 e. The summed E-state index contributed by atoms with van der Waals surface area (Å²) in [5, 5.41) is 0. The lowest BCUT2D eigenvalue weighted by Crippen LogP contribution is -2.29. The third-order valence-electron chi connectivity index (χ3n) is 2.71. The Morgan fingerprint density at radius 3 is 2.60 bits per heavy atom. The van der Waals surface area contributed by atoms with Gasteiger partial charge in [0.1, 0.15) is 5.75 Å². The van der Waals surface area contributed by atoms with Crippen molar-refractivity contribution in [3.63, 3.8) is 0 Å². The average Bonchev–Trinajstić information content (AvgIpc) is 2.43. The molecule has 0 atom stereocenters. The number of rotatable bonds is 6. The molecule has 0 radical (unpaired) electrons. The Morgan fingerprint density at radius 1 is 1.30 bits per heavy atom. The summed E-state index contributed by atoms with van der Waals surface area (Å²) < 4.78 is 9.89. The van der Waals surface area contributed by atoms with E-state index in [1.807, 2.05) is 6.92 Å². The molecule has 0 aliphatic rings. The van der Waals surface area contributed by atoms with Gasteiger partial charge < -0.3 is 20.1 Å². The van der Waals surface area contributed by atoms with E-state index >= 15 is 0 Å². The Balaban J connectivity index is 2.77. The molecule has 0 spiro atoms. The molecule has 0 aromatic heterocycles. The normalized spacial score (nSPS) is 9.95. The van der Waals surface area contributed by atoms with E-state index in [0.717, 1.165) is 0 Å². The van der Waals surface area contributed by atoms with E-state index in [1.54, 1.807) is 25.2 Å². The van der Waals surface area contributed by atoms with E-state index in [1.165, 1.54) is 12.0 Å². The first-order chi connectivity index (χ1) is 9.47. The van der Waals surface area contributed by atoms with Crippen molar-refractivity contribution in [2.24, 2.45) is 0 Å². The fraction of sp³-hybridized carbons (Fsp3) is 0.429. The lowest BCUT2D eigenvalue weighted by Gasteiger charge is -2.17. The molecule has 20 heavy (non-hydrogen) atoms. The van der Waals surface area contributed by atoms with Gasteiger partial charge >= 0.3 is 5.97 Å². The zero-order chi connectivity index (χ0) is 15.1. The summed E-state index contributed by atoms with van der Waals surface area (Å²) in [6.07, 6.45) is 0.152. The standard InChI is InChI=1S/C14H20N2O4/c1-4-20-12-8-10(7-11(15)9-12)14(18)16(2)6-5-13(17)19-3/h7-9H,4-6,15H2,1-3H3. The number of hydrogen-bond acceptors (Lipinski definition) is 5. The lowest BCUT2D eigenvalue weighted by atomic mass is 10.1. The zero-order valence-electron chi connectivity index (χ0n) is 12.0. The second kappa shape index (κ2) is 7.37. The number of ether oxygens (including phenoxy) is 2. The van der Waals surface area contributed by atoms with Gasteiger partial charge in [0, 0.05) is 30.9 Å². The van der Waals surface area contributed by atoms with Crippen molar-refractivity contribution < 1.29 is 19.1 Å². The van der Waals surface area contributed by atoms with Crippen LogP contribution in [0.3, 0.4) is 0 Å². The Hall–Kier alpha value is -2.24. The second-order valence-electron chi connectivity index (χ2n) is 4.28. The van der Waals surface area contributed by atoms with Crippen LogP contribution in [0.5, 0.6) is 5.75 Å². The SMILES string of the molecule is CCOc1cc(N)cc(C(=O)N(C)CCC(=O)OC)c1. The first kappa shape index (κ1) is 15.8. The number of nitrogen functional groups attached to an aromatic ring is 1. The van der Waals surface area contributed by atoms with Gasteiger partial charge in [0.05, 0.1) is 20.1 Å². The highest BCUT2D eigenvalue weighted by molar-refractivity contribution is 5.95. The summed E-state index contributed by atoms with van der Waals surface area (Å²) in [6.45, 7) is 2.63. The first-order valence-electron chi connectivity index (χ1n) is 6.33. The summed E-state index contributed by atoms with van der Waals surface area (Å²) in [5.41, 5.74) is 6.64. The van der Waals surface area contributed by atoms with Gasteiger partial charge in [0.2, 0.25) is 0 Å². The number of amides is 1. The van der Waals surface area contributed by atoms with Crippen LogP contribution in [0, 0.1) is 0 Å². The molecule has 6 nitrogen and oxygen atoms in total. The van der Waals surface area contributed by atoms with Gasteiger partial charge in [-0.1, -0.05) is 0 Å². The molecule has 0 aliphatic carbocycles. The van der Waals surface area contributed by atoms with E-state index < -0.39 is 0 Å². The summed E-state index contributed by atoms with van der Waals surface area (Å²) >= 11 is 0. The fourth-order valence-corrected chi connectivity index (χ4v) is 1.68. The lowest BCUT2D eigenvalue weighted by molar-refractivity contribution is -0.140. The molecule has 0 bridgehead atoms. The predicted octanol–water partition coefficient (Wildman–Crippen LogP) is 1.30. The number of nitrogens with zero attached hydrogens (tertiary/aromatic N) is 1. The molecular formula is C14H20N2O4. The van der Waals surface area contributed by atoms with E-state index in [4.69, 9.17) is 10.5 Å². The third kappa shape index (κ3) is 4.46. The molecule has 6 heteroatoms. The Bertz CT molecular complexity index is 488. The van der Waals surface area contributed by atoms with Crippen LogP contribution in [-0.2, 0) is 9.53 Å². The number of carbonyl (C=O) groups excluding carboxylic acids is 2. The molecule has 1 aromatic carbocycles. The van der Waals surface area contributed by atoms with Crippen molar-refractivity contribution in [1.29, 1.82) is 0 Å². The van der Waals surface area contributed by atoms with Crippen LogP contribution in [0.2, 0.25) is 0 Å². The Kier molecular flexibility index (Phi) is 5.83. The molecule has 2 N–H and O–H groups in total. The number of esters is 1. The fourth-order valence-electron chi connectivity index (χ4n) is 1.68. The van der Waals surface area contributed by atoms with Gasteiger partial charge in [0.25, 0.3) is 5.91 Å². The van der Waals surface area contributed by atoms with Crippen molar-refractivity contribution in [3.8, 4) is 5.75 Å². The number of hydrogen-bond donors (Lipinski definition) is 1. The van der Waals surface area contributed by atoms with E-state index in [2.05, 4.69) is 4.74 Å². The van der Waals surface area contributed by atoms with Gasteiger partial charge in [-0.15, -0.1) is 0 Å². The molecular weight excluding hydrogens is 260 g/mol. The van der Waals surface area contributed by atoms with Crippen molar-refractivity contribution in [1.82, 2.24) is 4.90 Å². The van der Waals surface area contributed by atoms with Gasteiger partial charge in [-0.2, -0.15) is 0 Å². The van der Waals surface area contributed by atoms with Crippen molar-refractivity contribution >= 4 is 17.6 Å². The van der Waals surface area contributed by atoms with Crippen LogP contribution in [0.1, 0.15) is 23.7 Å². The topological polar surface area (TPSA) is 81.9 Å². The molecule has 1 aromatic rings. The molecule has 0 heterocycles. The van der Waals surface area contributed by atoms with Crippen molar-refractivity contribution in [2.45, 2.75) is 13.3 Å². The number of benzene rings is 1. The van der Waals surface area contributed by atoms with Crippen LogP contribution >= 0.6 is 0 Å². The maximum absolute atomic E-state index is 12.2. The molecule has 0 saturated heterocycles. The van der Waals surface area contributed by atoms with E-state index in [-0.39, 0.29) is 24.8 Å². The Labute approximate surface area is 118 Å². The van der Waals surface area contributed by atoms with Crippen LogP contribution in [-0.4, -0.2) is 44.1 Å². The van der Waals surface area contributed by atoms with Gasteiger partial charge in [-0.3, -0.25) is 9.59 Å². The molecule has 0 saturated carbocycles. The molecule has 0 fully saturated rings. The monoisotopic (exact) mass is 280 g/mol. The van der Waals surface area contributed by atoms with Crippen molar-refractivity contribution in [2.75, 3.05) is 33.0 Å². The van der Waals surface area contributed by atoms with Crippen LogP contribution in [0.4, 0.5) is 5.69 Å². The highest BCUT2D eigenvalue weighted by atomic mass is 16.5. The van der Waals surface area contributed by atoms with Crippen molar-refractivity contribution in [3.05, 3.63) is 23.8 Å². The van der Waals surface area contributed by atoms with Crippen LogP contribution in [0.25, 0.3) is 0 Å². The highest BCUT2D eigenvalue weighted by Crippen LogP contribution is 2.20. The molecule has 110 valence electrons. The smallest absolute Gasteiger partial charge is 0.307 e. The number of carbonyl (C=O) groups is 2. The summed E-state index contributed by atoms with van der Waals surface area (Å²) in [4.78, 5) is 24.7. The minimum atomic E-state index is -0.354. The van der Waals surface area contributed by atoms with Crippen LogP contribution in [0.15, 0.2) is 18.2 Å². The first-order valence-corrected chi connectivity index (χ1v) is 6.33. The highest BCUT2D eigenvalue weighted by Gasteiger charge is 2.14.